The highest BCUT2D eigenvalue weighted by atomic mass is 32.2. The van der Waals surface area contributed by atoms with Gasteiger partial charge in [0.05, 0.1) is 12.2 Å². The van der Waals surface area contributed by atoms with Gasteiger partial charge in [0.15, 0.2) is 0 Å². The van der Waals surface area contributed by atoms with Gasteiger partial charge in [-0.25, -0.2) is 14.8 Å². The maximum Gasteiger partial charge on any atom is 0.409 e. The van der Waals surface area contributed by atoms with E-state index in [0.29, 0.717) is 49.1 Å². The third-order valence-electron chi connectivity index (χ3n) is 5.81. The van der Waals surface area contributed by atoms with Crippen molar-refractivity contribution in [3.8, 4) is 0 Å². The van der Waals surface area contributed by atoms with E-state index < -0.39 is 0 Å². The van der Waals surface area contributed by atoms with Gasteiger partial charge in [-0.2, -0.15) is 0 Å². The molecule has 0 bridgehead atoms. The number of hydrogen-bond donors (Lipinski definition) is 1. The van der Waals surface area contributed by atoms with E-state index in [-0.39, 0.29) is 12.0 Å². The molecule has 8 nitrogen and oxygen atoms in total. The molecule has 3 heterocycles. The van der Waals surface area contributed by atoms with Crippen molar-refractivity contribution in [1.29, 1.82) is 0 Å². The Morgan fingerprint density at radius 2 is 1.75 bits per heavy atom. The van der Waals surface area contributed by atoms with Gasteiger partial charge < -0.3 is 19.9 Å². The van der Waals surface area contributed by atoms with E-state index in [0.717, 1.165) is 28.2 Å². The molecule has 1 fully saturated rings. The van der Waals surface area contributed by atoms with E-state index in [1.54, 1.807) is 29.4 Å². The second kappa shape index (κ2) is 11.9. The number of nitrogens with zero attached hydrogens (tertiary/aromatic N) is 4. The first kappa shape index (κ1) is 25.5. The lowest BCUT2D eigenvalue weighted by atomic mass is 10.1. The summed E-state index contributed by atoms with van der Waals surface area (Å²) in [5.74, 6) is 1.36. The van der Waals surface area contributed by atoms with E-state index in [1.807, 2.05) is 39.0 Å². The number of nitrogens with one attached hydrogen (secondary N) is 1. The minimum Gasteiger partial charge on any atom is -0.450 e. The summed E-state index contributed by atoms with van der Waals surface area (Å²) in [6.45, 7) is 8.82. The van der Waals surface area contributed by atoms with Crippen LogP contribution in [0.5, 0.6) is 0 Å². The number of aromatic nitrogens is 2. The lowest BCUT2D eigenvalue weighted by Crippen LogP contribution is -2.49. The Kier molecular flexibility index (Phi) is 8.43. The molecule has 0 spiro atoms. The van der Waals surface area contributed by atoms with E-state index in [2.05, 4.69) is 32.3 Å². The molecule has 188 valence electrons. The molecular formula is C27H31N5O3S. The van der Waals surface area contributed by atoms with Crippen molar-refractivity contribution < 1.29 is 14.3 Å². The average molecular weight is 506 g/mol. The topological polar surface area (TPSA) is 87.7 Å². The molecule has 0 saturated carbocycles. The van der Waals surface area contributed by atoms with Crippen LogP contribution < -0.4 is 10.2 Å². The number of anilines is 2. The molecule has 36 heavy (non-hydrogen) atoms. The molecule has 0 radical (unpaired) electrons. The van der Waals surface area contributed by atoms with Gasteiger partial charge in [0.2, 0.25) is 0 Å². The third kappa shape index (κ3) is 6.54. The van der Waals surface area contributed by atoms with Crippen molar-refractivity contribution in [2.75, 3.05) is 43.0 Å². The summed E-state index contributed by atoms with van der Waals surface area (Å²) in [7, 11) is 0. The second-order valence-electron chi connectivity index (χ2n) is 8.67. The van der Waals surface area contributed by atoms with Crippen LogP contribution in [-0.2, 0) is 10.5 Å². The van der Waals surface area contributed by atoms with Crippen LogP contribution in [0.4, 0.5) is 16.3 Å². The van der Waals surface area contributed by atoms with Crippen molar-refractivity contribution in [3.05, 3.63) is 77.1 Å². The van der Waals surface area contributed by atoms with Gasteiger partial charge in [0.25, 0.3) is 5.91 Å². The number of amides is 2. The van der Waals surface area contributed by atoms with Crippen molar-refractivity contribution in [1.82, 2.24) is 14.9 Å². The van der Waals surface area contributed by atoms with Crippen molar-refractivity contribution >= 4 is 35.3 Å². The van der Waals surface area contributed by atoms with E-state index in [1.165, 1.54) is 11.8 Å². The summed E-state index contributed by atoms with van der Waals surface area (Å²) in [4.78, 5) is 37.9. The first-order chi connectivity index (χ1) is 17.4. The fourth-order valence-corrected chi connectivity index (χ4v) is 5.07. The Balaban J connectivity index is 1.39. The van der Waals surface area contributed by atoms with E-state index >= 15 is 0 Å². The van der Waals surface area contributed by atoms with Crippen LogP contribution in [-0.4, -0.2) is 59.7 Å². The first-order valence-electron chi connectivity index (χ1n) is 12.0. The highest BCUT2D eigenvalue weighted by Gasteiger charge is 2.23. The number of hydrogen-bond acceptors (Lipinski definition) is 7. The molecule has 1 aliphatic heterocycles. The summed E-state index contributed by atoms with van der Waals surface area (Å²) in [6, 6.07) is 13.6. The number of carbonyl (C=O) groups is 2. The maximum absolute atomic E-state index is 13.0. The monoisotopic (exact) mass is 505 g/mol. The van der Waals surface area contributed by atoms with Crippen LogP contribution in [0.15, 0.2) is 59.9 Å². The van der Waals surface area contributed by atoms with Crippen LogP contribution >= 0.6 is 11.8 Å². The second-order valence-corrected chi connectivity index (χ2v) is 9.63. The van der Waals surface area contributed by atoms with Crippen LogP contribution in [0.3, 0.4) is 0 Å². The highest BCUT2D eigenvalue weighted by molar-refractivity contribution is 7.98. The average Bonchev–Trinajstić information content (AvgIpc) is 2.87. The molecule has 1 saturated heterocycles. The van der Waals surface area contributed by atoms with Gasteiger partial charge in [-0.3, -0.25) is 4.79 Å². The Hall–Kier alpha value is -3.59. The molecule has 9 heteroatoms. The number of ether oxygens (including phenoxy) is 1. The zero-order valence-corrected chi connectivity index (χ0v) is 21.7. The Labute approximate surface area is 216 Å². The predicted molar refractivity (Wildman–Crippen MR) is 143 cm³/mol. The van der Waals surface area contributed by atoms with Crippen LogP contribution in [0.1, 0.15) is 34.0 Å². The van der Waals surface area contributed by atoms with Crippen molar-refractivity contribution in [2.45, 2.75) is 31.6 Å². The smallest absolute Gasteiger partial charge is 0.409 e. The van der Waals surface area contributed by atoms with Crippen molar-refractivity contribution in [3.63, 3.8) is 0 Å². The van der Waals surface area contributed by atoms with Crippen LogP contribution in [0.2, 0.25) is 0 Å². The first-order valence-corrected chi connectivity index (χ1v) is 13.0. The Bertz CT molecular complexity index is 1210. The van der Waals surface area contributed by atoms with E-state index in [4.69, 9.17) is 4.74 Å². The standard InChI is InChI=1S/C27H31N5O3S/c1-4-35-27(34)32-12-10-31(11-13-32)24-17-21(7-9-28-24)18-36-26-23(6-5-8-29-26)25(33)30-22-15-19(2)14-20(3)16-22/h5-9,14-17H,4,10-13,18H2,1-3H3,(H,30,33). The van der Waals surface area contributed by atoms with E-state index in [9.17, 15) is 9.59 Å². The van der Waals surface area contributed by atoms with Crippen molar-refractivity contribution in [2.24, 2.45) is 0 Å². The molecule has 0 atom stereocenters. The molecule has 0 unspecified atom stereocenters. The summed E-state index contributed by atoms with van der Waals surface area (Å²) < 4.78 is 5.10. The highest BCUT2D eigenvalue weighted by Crippen LogP contribution is 2.27. The van der Waals surface area contributed by atoms with Gasteiger partial charge in [0.1, 0.15) is 10.8 Å². The molecule has 2 aromatic heterocycles. The van der Waals surface area contributed by atoms with Crippen LogP contribution in [0, 0.1) is 13.8 Å². The molecule has 1 aliphatic rings. The summed E-state index contributed by atoms with van der Waals surface area (Å²) >= 11 is 1.52. The number of thioether (sulfide) groups is 1. The largest absolute Gasteiger partial charge is 0.450 e. The molecule has 1 aromatic carbocycles. The molecule has 3 aromatic rings. The van der Waals surface area contributed by atoms with Gasteiger partial charge in [-0.1, -0.05) is 6.07 Å². The molecule has 2 amide bonds. The zero-order valence-electron chi connectivity index (χ0n) is 20.9. The molecule has 4 rings (SSSR count). The number of carbonyl (C=O) groups excluding carboxylic acids is 2. The van der Waals surface area contributed by atoms with Gasteiger partial charge in [-0.05, 0) is 73.9 Å². The fraction of sp³-hybridized carbons (Fsp3) is 0.333. The normalized spacial score (nSPS) is 13.4. The number of benzene rings is 1. The number of rotatable bonds is 7. The summed E-state index contributed by atoms with van der Waals surface area (Å²) in [6.07, 6.45) is 3.24. The number of aryl methyl sites for hydroxylation is 2. The number of piperazine rings is 1. The van der Waals surface area contributed by atoms with Gasteiger partial charge >= 0.3 is 6.09 Å². The fourth-order valence-electron chi connectivity index (χ4n) is 4.13. The third-order valence-corrected chi connectivity index (χ3v) is 6.89. The van der Waals surface area contributed by atoms with Crippen LogP contribution in [0.25, 0.3) is 0 Å². The SMILES string of the molecule is CCOC(=O)N1CCN(c2cc(CSc3ncccc3C(=O)Nc3cc(C)cc(C)c3)ccn2)CC1. The molecule has 0 aliphatic carbocycles. The maximum atomic E-state index is 13.0. The lowest BCUT2D eigenvalue weighted by molar-refractivity contribution is 0.102. The quantitative estimate of drug-likeness (QED) is 0.456. The minimum absolute atomic E-state index is 0.175. The van der Waals surface area contributed by atoms with Gasteiger partial charge in [-0.15, -0.1) is 11.8 Å². The predicted octanol–water partition coefficient (Wildman–Crippen LogP) is 4.92. The summed E-state index contributed by atoms with van der Waals surface area (Å²) in [5, 5.41) is 3.69. The Morgan fingerprint density at radius 1 is 1.00 bits per heavy atom. The molecular weight excluding hydrogens is 474 g/mol. The lowest BCUT2D eigenvalue weighted by Gasteiger charge is -2.34. The summed E-state index contributed by atoms with van der Waals surface area (Å²) in [5.41, 5.74) is 4.61. The Morgan fingerprint density at radius 3 is 2.47 bits per heavy atom. The number of pyridine rings is 2. The van der Waals surface area contributed by atoms with Gasteiger partial charge in [0, 0.05) is 50.0 Å². The molecule has 1 N–H and O–H groups in total. The zero-order chi connectivity index (χ0) is 25.5. The minimum atomic E-state index is -0.261.